The van der Waals surface area contributed by atoms with E-state index in [1.54, 1.807) is 25.3 Å². The molecule has 6 heteroatoms. The quantitative estimate of drug-likeness (QED) is 0.841. The minimum atomic E-state index is -0.427. The summed E-state index contributed by atoms with van der Waals surface area (Å²) < 4.78 is 11.6. The highest BCUT2D eigenvalue weighted by molar-refractivity contribution is 5.69. The number of aryl methyl sites for hydroxylation is 1. The van der Waals surface area contributed by atoms with E-state index in [-0.39, 0.29) is 5.56 Å². The van der Waals surface area contributed by atoms with Crippen LogP contribution >= 0.6 is 0 Å². The summed E-state index contributed by atoms with van der Waals surface area (Å²) in [6, 6.07) is 8.56. The van der Waals surface area contributed by atoms with E-state index in [2.05, 4.69) is 5.10 Å². The first-order valence-electron chi connectivity index (χ1n) is 5.81. The molecule has 0 spiro atoms. The van der Waals surface area contributed by atoms with E-state index < -0.39 is 5.56 Å². The van der Waals surface area contributed by atoms with Crippen LogP contribution in [0.2, 0.25) is 0 Å². The summed E-state index contributed by atoms with van der Waals surface area (Å²) in [6.07, 6.45) is 0. The van der Waals surface area contributed by atoms with Gasteiger partial charge in [-0.15, -0.1) is 0 Å². The predicted octanol–water partition coefficient (Wildman–Crippen LogP) is 1.34. The van der Waals surface area contributed by atoms with Gasteiger partial charge >= 0.3 is 0 Å². The summed E-state index contributed by atoms with van der Waals surface area (Å²) in [7, 11) is 4.60. The Balaban J connectivity index is 2.66. The standard InChI is InChI=1S/C14H13N3O3/c1-17-14(18)9(8-15)6-12(16-17)11-5-4-10(19-2)7-13(11)20-3/h4-7H,1-3H3. The summed E-state index contributed by atoms with van der Waals surface area (Å²) in [6.45, 7) is 0. The fraction of sp³-hybridized carbons (Fsp3) is 0.214. The van der Waals surface area contributed by atoms with Crippen LogP contribution in [0.3, 0.4) is 0 Å². The molecule has 20 heavy (non-hydrogen) atoms. The van der Waals surface area contributed by atoms with Crippen molar-refractivity contribution >= 4 is 0 Å². The van der Waals surface area contributed by atoms with Crippen LogP contribution in [-0.2, 0) is 7.05 Å². The third kappa shape index (κ3) is 2.34. The number of benzene rings is 1. The van der Waals surface area contributed by atoms with Crippen molar-refractivity contribution in [2.45, 2.75) is 0 Å². The fourth-order valence-corrected chi connectivity index (χ4v) is 1.83. The average molecular weight is 271 g/mol. The van der Waals surface area contributed by atoms with Crippen molar-refractivity contribution in [2.75, 3.05) is 14.2 Å². The minimum absolute atomic E-state index is 0.0374. The van der Waals surface area contributed by atoms with Crippen LogP contribution in [0.5, 0.6) is 11.5 Å². The first-order chi connectivity index (χ1) is 9.60. The van der Waals surface area contributed by atoms with Crippen LogP contribution in [0.25, 0.3) is 11.3 Å². The molecule has 0 bridgehead atoms. The second-order valence-corrected chi connectivity index (χ2v) is 4.05. The van der Waals surface area contributed by atoms with Gasteiger partial charge < -0.3 is 9.47 Å². The molecular weight excluding hydrogens is 258 g/mol. The molecule has 1 heterocycles. The Morgan fingerprint density at radius 1 is 1.25 bits per heavy atom. The van der Waals surface area contributed by atoms with Crippen LogP contribution in [0.4, 0.5) is 0 Å². The fourth-order valence-electron chi connectivity index (χ4n) is 1.83. The number of aromatic nitrogens is 2. The van der Waals surface area contributed by atoms with Gasteiger partial charge in [0.15, 0.2) is 0 Å². The van der Waals surface area contributed by atoms with E-state index in [4.69, 9.17) is 14.7 Å². The maximum Gasteiger partial charge on any atom is 0.284 e. The lowest BCUT2D eigenvalue weighted by Gasteiger charge is -2.10. The molecule has 0 aliphatic heterocycles. The third-order valence-electron chi connectivity index (χ3n) is 2.87. The number of nitrogens with zero attached hydrogens (tertiary/aromatic N) is 3. The number of hydrogen-bond donors (Lipinski definition) is 0. The van der Waals surface area contributed by atoms with Crippen molar-refractivity contribution in [1.82, 2.24) is 9.78 Å². The predicted molar refractivity (Wildman–Crippen MR) is 72.7 cm³/mol. The first kappa shape index (κ1) is 13.6. The van der Waals surface area contributed by atoms with Gasteiger partial charge in [-0.25, -0.2) is 4.68 Å². The topological polar surface area (TPSA) is 77.1 Å². The Morgan fingerprint density at radius 3 is 2.60 bits per heavy atom. The lowest BCUT2D eigenvalue weighted by Crippen LogP contribution is -2.22. The lowest BCUT2D eigenvalue weighted by molar-refractivity contribution is 0.395. The molecule has 2 aromatic rings. The van der Waals surface area contributed by atoms with Crippen molar-refractivity contribution in [3.8, 4) is 28.8 Å². The smallest absolute Gasteiger partial charge is 0.284 e. The molecule has 0 atom stereocenters. The Labute approximate surface area is 115 Å². The summed E-state index contributed by atoms with van der Waals surface area (Å²) in [4.78, 5) is 11.7. The van der Waals surface area contributed by atoms with Crippen LogP contribution in [0.15, 0.2) is 29.1 Å². The van der Waals surface area contributed by atoms with Crippen LogP contribution in [0.1, 0.15) is 5.56 Å². The minimum Gasteiger partial charge on any atom is -0.497 e. The summed E-state index contributed by atoms with van der Waals surface area (Å²) in [5.74, 6) is 1.20. The van der Waals surface area contributed by atoms with Crippen molar-refractivity contribution in [1.29, 1.82) is 5.26 Å². The molecule has 0 saturated carbocycles. The second-order valence-electron chi connectivity index (χ2n) is 4.05. The van der Waals surface area contributed by atoms with Crippen LogP contribution < -0.4 is 15.0 Å². The largest absolute Gasteiger partial charge is 0.497 e. The highest BCUT2D eigenvalue weighted by Gasteiger charge is 2.12. The maximum atomic E-state index is 11.7. The molecule has 0 aliphatic carbocycles. The number of ether oxygens (including phenoxy) is 2. The van der Waals surface area contributed by atoms with E-state index >= 15 is 0 Å². The Morgan fingerprint density at radius 2 is 2.00 bits per heavy atom. The molecule has 0 fully saturated rings. The maximum absolute atomic E-state index is 11.7. The molecule has 0 N–H and O–H groups in total. The average Bonchev–Trinajstić information content (AvgIpc) is 2.49. The van der Waals surface area contributed by atoms with E-state index in [9.17, 15) is 4.79 Å². The van der Waals surface area contributed by atoms with Crippen LogP contribution in [0, 0.1) is 11.3 Å². The third-order valence-corrected chi connectivity index (χ3v) is 2.87. The molecule has 2 rings (SSSR count). The molecule has 0 radical (unpaired) electrons. The number of rotatable bonds is 3. The van der Waals surface area contributed by atoms with Gasteiger partial charge in [-0.05, 0) is 18.2 Å². The first-order valence-corrected chi connectivity index (χ1v) is 5.81. The van der Waals surface area contributed by atoms with Gasteiger partial charge in [0.25, 0.3) is 5.56 Å². The number of hydrogen-bond acceptors (Lipinski definition) is 5. The van der Waals surface area contributed by atoms with E-state index in [0.29, 0.717) is 22.8 Å². The number of nitriles is 1. The summed E-state index contributed by atoms with van der Waals surface area (Å²) in [5.41, 5.74) is 0.780. The Kier molecular flexibility index (Phi) is 3.71. The monoisotopic (exact) mass is 271 g/mol. The Hall–Kier alpha value is -2.81. The molecule has 1 aromatic heterocycles. The van der Waals surface area contributed by atoms with Crippen molar-refractivity contribution in [3.63, 3.8) is 0 Å². The zero-order valence-electron chi connectivity index (χ0n) is 11.4. The van der Waals surface area contributed by atoms with E-state index in [1.165, 1.54) is 20.2 Å². The molecule has 0 unspecified atom stereocenters. The lowest BCUT2D eigenvalue weighted by atomic mass is 10.1. The second kappa shape index (κ2) is 5.45. The number of methoxy groups -OCH3 is 2. The van der Waals surface area contributed by atoms with Crippen molar-refractivity contribution in [2.24, 2.45) is 7.05 Å². The highest BCUT2D eigenvalue weighted by atomic mass is 16.5. The van der Waals surface area contributed by atoms with E-state index in [1.807, 2.05) is 6.07 Å². The zero-order chi connectivity index (χ0) is 14.7. The molecule has 0 aliphatic rings. The Bertz CT molecular complexity index is 744. The molecular formula is C14H13N3O3. The van der Waals surface area contributed by atoms with Crippen molar-refractivity contribution < 1.29 is 9.47 Å². The van der Waals surface area contributed by atoms with Gasteiger partial charge in [-0.2, -0.15) is 10.4 Å². The van der Waals surface area contributed by atoms with Gasteiger partial charge in [-0.3, -0.25) is 4.79 Å². The molecule has 6 nitrogen and oxygen atoms in total. The summed E-state index contributed by atoms with van der Waals surface area (Å²) >= 11 is 0. The molecule has 0 saturated heterocycles. The van der Waals surface area contributed by atoms with Crippen LogP contribution in [-0.4, -0.2) is 24.0 Å². The normalized spacial score (nSPS) is 9.90. The van der Waals surface area contributed by atoms with Gasteiger partial charge in [0.2, 0.25) is 0 Å². The van der Waals surface area contributed by atoms with Gasteiger partial charge in [0.05, 0.1) is 19.9 Å². The van der Waals surface area contributed by atoms with Crippen molar-refractivity contribution in [3.05, 3.63) is 40.2 Å². The van der Waals surface area contributed by atoms with Gasteiger partial charge in [0, 0.05) is 18.7 Å². The summed E-state index contributed by atoms with van der Waals surface area (Å²) in [5, 5.41) is 13.1. The zero-order valence-corrected chi connectivity index (χ0v) is 11.4. The molecule has 0 amide bonds. The highest BCUT2D eigenvalue weighted by Crippen LogP contribution is 2.31. The van der Waals surface area contributed by atoms with E-state index in [0.717, 1.165) is 4.68 Å². The molecule has 102 valence electrons. The molecule has 1 aromatic carbocycles. The van der Waals surface area contributed by atoms with Gasteiger partial charge in [-0.1, -0.05) is 0 Å². The van der Waals surface area contributed by atoms with Gasteiger partial charge in [0.1, 0.15) is 23.1 Å². The SMILES string of the molecule is COc1ccc(-c2cc(C#N)c(=O)n(C)n2)c(OC)c1.